The molecule has 0 N–H and O–H groups in total. The third-order valence-corrected chi connectivity index (χ3v) is 7.22. The molecule has 2 heterocycles. The molecule has 0 radical (unpaired) electrons. The van der Waals surface area contributed by atoms with Crippen LogP contribution in [0.25, 0.3) is 0 Å². The van der Waals surface area contributed by atoms with Gasteiger partial charge in [0.1, 0.15) is 11.6 Å². The fourth-order valence-electron chi connectivity index (χ4n) is 4.14. The Hall–Kier alpha value is -2.54. The van der Waals surface area contributed by atoms with E-state index in [2.05, 4.69) is 0 Å². The van der Waals surface area contributed by atoms with Crippen molar-refractivity contribution in [2.24, 2.45) is 0 Å². The van der Waals surface area contributed by atoms with Gasteiger partial charge in [-0.1, -0.05) is 18.2 Å². The van der Waals surface area contributed by atoms with E-state index in [0.29, 0.717) is 49.4 Å². The monoisotopic (exact) mass is 414 g/mol. The highest BCUT2D eigenvalue weighted by molar-refractivity contribution is 8.00. The minimum Gasteiger partial charge on any atom is -0.496 e. The van der Waals surface area contributed by atoms with E-state index in [1.165, 1.54) is 12.1 Å². The number of ether oxygens (including phenoxy) is 1. The fourth-order valence-corrected chi connectivity index (χ4v) is 5.59. The van der Waals surface area contributed by atoms with E-state index in [-0.39, 0.29) is 16.7 Å². The second kappa shape index (κ2) is 8.06. The Morgan fingerprint density at radius 2 is 1.79 bits per heavy atom. The summed E-state index contributed by atoms with van der Waals surface area (Å²) in [6, 6.07) is 13.1. The summed E-state index contributed by atoms with van der Waals surface area (Å²) in [6.07, 6.45) is 1.39. The molecule has 2 amide bonds. The van der Waals surface area contributed by atoms with Crippen molar-refractivity contribution >= 4 is 23.6 Å². The molecule has 0 saturated carbocycles. The van der Waals surface area contributed by atoms with Gasteiger partial charge in [0.2, 0.25) is 0 Å². The van der Waals surface area contributed by atoms with Crippen LogP contribution in [-0.2, 0) is 0 Å². The lowest BCUT2D eigenvalue weighted by atomic mass is 10.00. The van der Waals surface area contributed by atoms with Crippen LogP contribution in [0.2, 0.25) is 0 Å². The van der Waals surface area contributed by atoms with Crippen LogP contribution in [0.1, 0.15) is 33.6 Å². The number of likely N-dealkylation sites (tertiary alicyclic amines) is 1. The number of piperidine rings is 1. The lowest BCUT2D eigenvalue weighted by molar-refractivity contribution is 0.0496. The van der Waals surface area contributed by atoms with Crippen molar-refractivity contribution in [2.75, 3.05) is 32.5 Å². The van der Waals surface area contributed by atoms with Crippen molar-refractivity contribution < 1.29 is 18.7 Å². The van der Waals surface area contributed by atoms with Gasteiger partial charge in [-0.3, -0.25) is 9.59 Å². The summed E-state index contributed by atoms with van der Waals surface area (Å²) in [7, 11) is 1.56. The average molecular weight is 415 g/mol. The molecule has 29 heavy (non-hydrogen) atoms. The molecule has 4 rings (SSSR count). The molecule has 0 bridgehead atoms. The van der Waals surface area contributed by atoms with Gasteiger partial charge in [-0.05, 0) is 43.2 Å². The number of hydrogen-bond donors (Lipinski definition) is 0. The number of halogens is 1. The number of nitrogens with zero attached hydrogens (tertiary/aromatic N) is 2. The number of amides is 2. The molecule has 5 nitrogen and oxygen atoms in total. The second-order valence-corrected chi connectivity index (χ2v) is 8.71. The molecule has 0 unspecified atom stereocenters. The van der Waals surface area contributed by atoms with E-state index in [0.717, 1.165) is 5.75 Å². The van der Waals surface area contributed by atoms with Gasteiger partial charge in [-0.15, -0.1) is 11.8 Å². The fraction of sp³-hybridized carbons (Fsp3) is 0.364. The summed E-state index contributed by atoms with van der Waals surface area (Å²) in [5.74, 6) is 0.814. The van der Waals surface area contributed by atoms with Gasteiger partial charge in [0, 0.05) is 31.0 Å². The Morgan fingerprint density at radius 1 is 1.03 bits per heavy atom. The molecule has 2 aliphatic rings. The van der Waals surface area contributed by atoms with Crippen molar-refractivity contribution in [3.8, 4) is 5.75 Å². The number of thioether (sulfide) groups is 1. The maximum Gasteiger partial charge on any atom is 0.257 e. The first-order valence-electron chi connectivity index (χ1n) is 9.68. The Morgan fingerprint density at radius 3 is 2.52 bits per heavy atom. The number of methoxy groups -OCH3 is 1. The SMILES string of the molecule is COc1ccccc1C(=O)N1CCC2(CC1)SCCN2C(=O)c1cccc(F)c1. The molecular formula is C22H23FN2O3S. The Labute approximate surface area is 173 Å². The molecule has 2 fully saturated rings. The zero-order chi connectivity index (χ0) is 20.4. The summed E-state index contributed by atoms with van der Waals surface area (Å²) < 4.78 is 18.9. The van der Waals surface area contributed by atoms with E-state index in [1.807, 2.05) is 21.9 Å². The number of rotatable bonds is 3. The molecule has 2 saturated heterocycles. The Balaban J connectivity index is 1.49. The summed E-state index contributed by atoms with van der Waals surface area (Å²) in [6.45, 7) is 1.77. The van der Waals surface area contributed by atoms with Crippen LogP contribution in [0.5, 0.6) is 5.75 Å². The summed E-state index contributed by atoms with van der Waals surface area (Å²) in [5.41, 5.74) is 0.928. The molecule has 1 spiro atoms. The molecule has 152 valence electrons. The number of benzene rings is 2. The van der Waals surface area contributed by atoms with Gasteiger partial charge in [-0.2, -0.15) is 0 Å². The first-order chi connectivity index (χ1) is 14.0. The second-order valence-electron chi connectivity index (χ2n) is 7.25. The normalized spacial score (nSPS) is 18.1. The predicted molar refractivity (Wildman–Crippen MR) is 111 cm³/mol. The topological polar surface area (TPSA) is 49.9 Å². The molecule has 0 atom stereocenters. The average Bonchev–Trinajstić information content (AvgIpc) is 3.16. The van der Waals surface area contributed by atoms with Gasteiger partial charge in [0.15, 0.2) is 0 Å². The number of carbonyl (C=O) groups excluding carboxylic acids is 2. The maximum atomic E-state index is 13.6. The molecule has 2 aromatic carbocycles. The van der Waals surface area contributed by atoms with E-state index >= 15 is 0 Å². The van der Waals surface area contributed by atoms with Gasteiger partial charge >= 0.3 is 0 Å². The van der Waals surface area contributed by atoms with Gasteiger partial charge in [0.05, 0.1) is 17.5 Å². The van der Waals surface area contributed by atoms with Crippen LogP contribution < -0.4 is 4.74 Å². The van der Waals surface area contributed by atoms with Crippen LogP contribution in [-0.4, -0.2) is 59.0 Å². The molecule has 0 aromatic heterocycles. The van der Waals surface area contributed by atoms with Crippen molar-refractivity contribution in [3.05, 3.63) is 65.5 Å². The smallest absolute Gasteiger partial charge is 0.257 e. The van der Waals surface area contributed by atoms with E-state index < -0.39 is 5.82 Å². The quantitative estimate of drug-likeness (QED) is 0.769. The zero-order valence-corrected chi connectivity index (χ0v) is 17.1. The van der Waals surface area contributed by atoms with Gasteiger partial charge in [-0.25, -0.2) is 4.39 Å². The molecule has 2 aromatic rings. The van der Waals surface area contributed by atoms with Crippen molar-refractivity contribution in [2.45, 2.75) is 17.7 Å². The minimum atomic E-state index is -0.408. The van der Waals surface area contributed by atoms with E-state index in [1.54, 1.807) is 43.1 Å². The van der Waals surface area contributed by atoms with Crippen LogP contribution in [0, 0.1) is 5.82 Å². The number of hydrogen-bond acceptors (Lipinski definition) is 4. The lowest BCUT2D eigenvalue weighted by Gasteiger charge is -2.44. The third kappa shape index (κ3) is 3.71. The minimum absolute atomic E-state index is 0.0525. The summed E-state index contributed by atoms with van der Waals surface area (Å²) in [5, 5.41) is 0. The first kappa shape index (κ1) is 19.8. The van der Waals surface area contributed by atoms with Crippen LogP contribution >= 0.6 is 11.8 Å². The maximum absolute atomic E-state index is 13.6. The largest absolute Gasteiger partial charge is 0.496 e. The molecule has 7 heteroatoms. The van der Waals surface area contributed by atoms with E-state index in [9.17, 15) is 14.0 Å². The highest BCUT2D eigenvalue weighted by Gasteiger charge is 2.47. The zero-order valence-electron chi connectivity index (χ0n) is 16.3. The first-order valence-corrected chi connectivity index (χ1v) is 10.7. The van der Waals surface area contributed by atoms with Crippen LogP contribution in [0.15, 0.2) is 48.5 Å². The number of carbonyl (C=O) groups is 2. The highest BCUT2D eigenvalue weighted by atomic mass is 32.2. The third-order valence-electron chi connectivity index (χ3n) is 5.66. The molecule has 2 aliphatic heterocycles. The Kier molecular flexibility index (Phi) is 5.50. The van der Waals surface area contributed by atoms with Crippen LogP contribution in [0.3, 0.4) is 0 Å². The van der Waals surface area contributed by atoms with Crippen molar-refractivity contribution in [3.63, 3.8) is 0 Å². The standard InChI is InChI=1S/C22H23FN2O3S/c1-28-19-8-3-2-7-18(19)21(27)24-11-9-22(10-12-24)25(13-14-29-22)20(26)16-5-4-6-17(23)15-16/h2-8,15H,9-14H2,1H3. The molecular weight excluding hydrogens is 391 g/mol. The van der Waals surface area contributed by atoms with Crippen molar-refractivity contribution in [1.29, 1.82) is 0 Å². The summed E-state index contributed by atoms with van der Waals surface area (Å²) in [4.78, 5) is 29.4. The van der Waals surface area contributed by atoms with Gasteiger partial charge < -0.3 is 14.5 Å². The summed E-state index contributed by atoms with van der Waals surface area (Å²) >= 11 is 1.77. The molecule has 0 aliphatic carbocycles. The Bertz CT molecular complexity index is 928. The predicted octanol–water partition coefficient (Wildman–Crippen LogP) is 3.66. The van der Waals surface area contributed by atoms with Crippen molar-refractivity contribution in [1.82, 2.24) is 9.80 Å². The lowest BCUT2D eigenvalue weighted by Crippen LogP contribution is -2.53. The number of para-hydroxylation sites is 1. The van der Waals surface area contributed by atoms with Gasteiger partial charge in [0.25, 0.3) is 11.8 Å². The van der Waals surface area contributed by atoms with E-state index in [4.69, 9.17) is 4.74 Å². The highest BCUT2D eigenvalue weighted by Crippen LogP contribution is 2.44. The van der Waals surface area contributed by atoms with Crippen LogP contribution in [0.4, 0.5) is 4.39 Å².